The molecule has 0 aromatic heterocycles. The van der Waals surface area contributed by atoms with Crippen LogP contribution in [-0.2, 0) is 0 Å². The van der Waals surface area contributed by atoms with Crippen LogP contribution in [0.15, 0.2) is 0 Å². The first-order chi connectivity index (χ1) is 0. The number of hydrogen-bond acceptors (Lipinski definition) is 0. The molecule has 0 aliphatic heterocycles. The molecular formula is C3H12I2Sb-2. The fraction of sp³-hybridized carbons (Fsp3) is 1.00. The Balaban J connectivity index is 0. The van der Waals surface area contributed by atoms with Crippen molar-refractivity contribution in [2.75, 3.05) is 0 Å². The van der Waals surface area contributed by atoms with Crippen LogP contribution in [-0.4, -0.2) is 24.4 Å². The second-order valence-electron chi connectivity index (χ2n) is 0. The molecule has 0 aliphatic carbocycles. The van der Waals surface area contributed by atoms with Crippen molar-refractivity contribution in [1.82, 2.24) is 0 Å². The van der Waals surface area contributed by atoms with E-state index in [2.05, 4.69) is 0 Å². The van der Waals surface area contributed by atoms with Crippen molar-refractivity contribution in [3.8, 4) is 0 Å². The third kappa shape index (κ3) is 33.7. The van der Waals surface area contributed by atoms with Crippen LogP contribution in [0.25, 0.3) is 0 Å². The monoisotopic (exact) mass is 423 g/mol. The standard InChI is InChI=1S/3CH4.2HI.Sb/h3*1H4;2*1H;/p-2. The third-order valence-electron chi connectivity index (χ3n) is 0. The predicted molar refractivity (Wildman–Crippen MR) is 25.9 cm³/mol. The molecule has 45 valence electrons. The SMILES string of the molecule is C.C.C.[I-].[I-].[Sb]. The Hall–Kier alpha value is 2.28. The fourth-order valence-electron chi connectivity index (χ4n) is 0. The molecule has 0 nitrogen and oxygen atoms in total. The van der Waals surface area contributed by atoms with Crippen LogP contribution in [0.5, 0.6) is 0 Å². The Labute approximate surface area is 93.3 Å². The molecule has 0 fully saturated rings. The van der Waals surface area contributed by atoms with E-state index in [9.17, 15) is 0 Å². The number of halogens is 2. The summed E-state index contributed by atoms with van der Waals surface area (Å²) >= 11 is 0. The van der Waals surface area contributed by atoms with Crippen LogP contribution in [0.2, 0.25) is 0 Å². The van der Waals surface area contributed by atoms with E-state index in [-0.39, 0.29) is 94.7 Å². The molecule has 0 N–H and O–H groups in total. The average Bonchev–Trinajstić information content (AvgIpc) is 0. The summed E-state index contributed by atoms with van der Waals surface area (Å²) in [6.45, 7) is 0. The molecule has 0 atom stereocenters. The van der Waals surface area contributed by atoms with Gasteiger partial charge in [0, 0.05) is 24.4 Å². The zero-order valence-corrected chi connectivity index (χ0v) is 8.07. The summed E-state index contributed by atoms with van der Waals surface area (Å²) in [5, 5.41) is 0. The molecule has 0 bridgehead atoms. The van der Waals surface area contributed by atoms with E-state index in [1.807, 2.05) is 0 Å². The Morgan fingerprint density at radius 3 is 0.500 bits per heavy atom. The van der Waals surface area contributed by atoms with Crippen molar-refractivity contribution >= 4 is 24.4 Å². The summed E-state index contributed by atoms with van der Waals surface area (Å²) in [7, 11) is 0. The van der Waals surface area contributed by atoms with E-state index in [1.54, 1.807) is 0 Å². The summed E-state index contributed by atoms with van der Waals surface area (Å²) in [5.41, 5.74) is 0. The third-order valence-corrected chi connectivity index (χ3v) is 0. The van der Waals surface area contributed by atoms with Crippen molar-refractivity contribution in [3.63, 3.8) is 0 Å². The van der Waals surface area contributed by atoms with Crippen LogP contribution in [0, 0.1) is 0 Å². The molecule has 6 heavy (non-hydrogen) atoms. The van der Waals surface area contributed by atoms with Gasteiger partial charge in [-0.2, -0.15) is 0 Å². The van der Waals surface area contributed by atoms with Crippen molar-refractivity contribution in [1.29, 1.82) is 0 Å². The molecule has 0 rings (SSSR count). The van der Waals surface area contributed by atoms with Gasteiger partial charge in [0.2, 0.25) is 0 Å². The molecule has 3 radical (unpaired) electrons. The van der Waals surface area contributed by atoms with E-state index in [0.717, 1.165) is 0 Å². The summed E-state index contributed by atoms with van der Waals surface area (Å²) in [6, 6.07) is 0. The van der Waals surface area contributed by atoms with E-state index >= 15 is 0 Å². The Kier molecular flexibility index (Phi) is 778. The Morgan fingerprint density at radius 1 is 0.500 bits per heavy atom. The van der Waals surface area contributed by atoms with Gasteiger partial charge >= 0.3 is 0 Å². The molecule has 0 heterocycles. The molecule has 0 unspecified atom stereocenters. The Bertz CT molecular complexity index is 8.75. The van der Waals surface area contributed by atoms with E-state index in [0.29, 0.717) is 0 Å². The number of rotatable bonds is 0. The zero-order valence-electron chi connectivity index (χ0n) is 1.20. The van der Waals surface area contributed by atoms with Crippen LogP contribution in [0.4, 0.5) is 0 Å². The van der Waals surface area contributed by atoms with Crippen molar-refractivity contribution < 1.29 is 48.0 Å². The molecule has 0 aliphatic rings. The second kappa shape index (κ2) is 55.3. The fourth-order valence-corrected chi connectivity index (χ4v) is 0. The van der Waals surface area contributed by atoms with E-state index in [4.69, 9.17) is 0 Å². The second-order valence-corrected chi connectivity index (χ2v) is 0. The quantitative estimate of drug-likeness (QED) is 0.272. The van der Waals surface area contributed by atoms with Gasteiger partial charge in [0.25, 0.3) is 0 Å². The summed E-state index contributed by atoms with van der Waals surface area (Å²) in [4.78, 5) is 0. The van der Waals surface area contributed by atoms with Gasteiger partial charge in [0.05, 0.1) is 0 Å². The smallest absolute Gasteiger partial charge is 0 e. The van der Waals surface area contributed by atoms with Crippen LogP contribution in [0.3, 0.4) is 0 Å². The molecule has 0 saturated heterocycles. The molecule has 0 aromatic carbocycles. The molecule has 3 heteroatoms. The van der Waals surface area contributed by atoms with Crippen molar-refractivity contribution in [3.05, 3.63) is 0 Å². The van der Waals surface area contributed by atoms with Crippen molar-refractivity contribution in [2.24, 2.45) is 0 Å². The zero-order chi connectivity index (χ0) is 0. The minimum atomic E-state index is 0. The predicted octanol–water partition coefficient (Wildman–Crippen LogP) is -4.46. The summed E-state index contributed by atoms with van der Waals surface area (Å²) in [6.07, 6.45) is 0. The molecule has 0 spiro atoms. The molecular weight excluding hydrogens is 412 g/mol. The first kappa shape index (κ1) is 84.5. The van der Waals surface area contributed by atoms with Gasteiger partial charge < -0.3 is 48.0 Å². The van der Waals surface area contributed by atoms with E-state index in [1.165, 1.54) is 0 Å². The maximum Gasteiger partial charge on any atom is 0 e. The molecule has 0 saturated carbocycles. The van der Waals surface area contributed by atoms with Gasteiger partial charge in [-0.05, 0) is 0 Å². The van der Waals surface area contributed by atoms with Crippen LogP contribution >= 0.6 is 0 Å². The first-order valence-corrected chi connectivity index (χ1v) is 0. The van der Waals surface area contributed by atoms with Crippen molar-refractivity contribution in [2.45, 2.75) is 22.3 Å². The average molecular weight is 424 g/mol. The Morgan fingerprint density at radius 2 is 0.500 bits per heavy atom. The van der Waals surface area contributed by atoms with E-state index < -0.39 is 0 Å². The van der Waals surface area contributed by atoms with Gasteiger partial charge in [0.1, 0.15) is 0 Å². The molecule has 0 amide bonds. The summed E-state index contributed by atoms with van der Waals surface area (Å²) < 4.78 is 0. The normalized spacial score (nSPS) is 0. The minimum Gasteiger partial charge on any atom is -1.00 e. The summed E-state index contributed by atoms with van der Waals surface area (Å²) in [5.74, 6) is 0. The molecule has 0 aromatic rings. The topological polar surface area (TPSA) is 0 Å². The van der Waals surface area contributed by atoms with Gasteiger partial charge in [0.15, 0.2) is 0 Å². The van der Waals surface area contributed by atoms with Crippen LogP contribution < -0.4 is 48.0 Å². The maximum atomic E-state index is 0. The first-order valence-electron chi connectivity index (χ1n) is 0. The van der Waals surface area contributed by atoms with Gasteiger partial charge in [-0.25, -0.2) is 0 Å². The van der Waals surface area contributed by atoms with Gasteiger partial charge in [-0.1, -0.05) is 22.3 Å². The van der Waals surface area contributed by atoms with Gasteiger partial charge in [-0.3, -0.25) is 0 Å². The van der Waals surface area contributed by atoms with Crippen LogP contribution in [0.1, 0.15) is 22.3 Å². The minimum absolute atomic E-state index is 0. The van der Waals surface area contributed by atoms with Gasteiger partial charge in [-0.15, -0.1) is 0 Å². The maximum absolute atomic E-state index is 0. The number of hydrogen-bond donors (Lipinski definition) is 0. The largest absolute Gasteiger partial charge is 1.00 e.